The molecule has 26 heavy (non-hydrogen) atoms. The highest BCUT2D eigenvalue weighted by Gasteiger charge is 2.24. The van der Waals surface area contributed by atoms with Gasteiger partial charge in [-0.3, -0.25) is 4.72 Å². The van der Waals surface area contributed by atoms with Gasteiger partial charge in [-0.2, -0.15) is 9.36 Å². The zero-order chi connectivity index (χ0) is 18.9. The number of hydrogen-bond acceptors (Lipinski definition) is 8. The van der Waals surface area contributed by atoms with Crippen LogP contribution in [0.2, 0.25) is 0 Å². The first kappa shape index (κ1) is 17.8. The van der Waals surface area contributed by atoms with E-state index in [1.165, 1.54) is 49.9 Å². The van der Waals surface area contributed by atoms with Crippen LogP contribution in [-0.4, -0.2) is 41.3 Å². The molecule has 12 heteroatoms. The molecular formula is C14H13N5O5S2. The number of carbonyl (C=O) groups is 1. The number of benzene rings is 1. The number of tetrazole rings is 1. The van der Waals surface area contributed by atoms with Crippen molar-refractivity contribution in [3.8, 4) is 5.69 Å². The maximum atomic E-state index is 12.5. The average Bonchev–Trinajstić information content (AvgIpc) is 3.23. The molecular weight excluding hydrogens is 382 g/mol. The zero-order valence-electron chi connectivity index (χ0n) is 13.6. The summed E-state index contributed by atoms with van der Waals surface area (Å²) in [5.41, 5.74) is 0.254. The number of nitrogens with zero attached hydrogens (tertiary/aromatic N) is 4. The van der Waals surface area contributed by atoms with Gasteiger partial charge in [0.15, 0.2) is 0 Å². The van der Waals surface area contributed by atoms with Crippen LogP contribution in [0.3, 0.4) is 0 Å². The van der Waals surface area contributed by atoms with E-state index in [2.05, 4.69) is 19.9 Å². The van der Waals surface area contributed by atoms with Crippen LogP contribution in [0.5, 0.6) is 0 Å². The van der Waals surface area contributed by atoms with Crippen molar-refractivity contribution in [2.45, 2.75) is 4.90 Å². The molecule has 1 N–H and O–H groups in total. The van der Waals surface area contributed by atoms with Gasteiger partial charge in [0.1, 0.15) is 9.77 Å². The Morgan fingerprint density at radius 2 is 1.88 bits per heavy atom. The van der Waals surface area contributed by atoms with Gasteiger partial charge in [0.2, 0.25) is 0 Å². The number of rotatable bonds is 5. The highest BCUT2D eigenvalue weighted by Crippen LogP contribution is 2.25. The van der Waals surface area contributed by atoms with Crippen molar-refractivity contribution in [1.29, 1.82) is 0 Å². The van der Waals surface area contributed by atoms with Gasteiger partial charge < -0.3 is 4.74 Å². The molecule has 0 amide bonds. The molecule has 3 aromatic rings. The molecule has 3 rings (SSSR count). The number of nitrogens with one attached hydrogen (secondary N) is 1. The Balaban J connectivity index is 1.87. The quantitative estimate of drug-likeness (QED) is 0.628. The Kier molecular flexibility index (Phi) is 4.61. The third-order valence-electron chi connectivity index (χ3n) is 3.38. The van der Waals surface area contributed by atoms with E-state index in [4.69, 9.17) is 0 Å². The predicted octanol–water partition coefficient (Wildman–Crippen LogP) is 0.615. The van der Waals surface area contributed by atoms with Crippen LogP contribution in [0.1, 0.15) is 9.67 Å². The maximum Gasteiger partial charge on any atom is 0.368 e. The first-order valence-corrected chi connectivity index (χ1v) is 9.48. The Labute approximate surface area is 151 Å². The van der Waals surface area contributed by atoms with E-state index in [9.17, 15) is 18.0 Å². The number of carbonyl (C=O) groups excluding carboxylic acids is 1. The molecule has 0 saturated heterocycles. The number of thiophene rings is 1. The molecule has 0 saturated carbocycles. The van der Waals surface area contributed by atoms with Crippen molar-refractivity contribution in [3.63, 3.8) is 0 Å². The fraction of sp³-hybridized carbons (Fsp3) is 0.143. The number of hydrogen-bond donors (Lipinski definition) is 1. The van der Waals surface area contributed by atoms with Crippen molar-refractivity contribution >= 4 is 33.0 Å². The number of anilines is 1. The molecule has 1 aromatic carbocycles. The van der Waals surface area contributed by atoms with Crippen molar-refractivity contribution in [2.24, 2.45) is 7.05 Å². The van der Waals surface area contributed by atoms with Gasteiger partial charge in [0, 0.05) is 12.7 Å². The highest BCUT2D eigenvalue weighted by molar-refractivity contribution is 7.93. The van der Waals surface area contributed by atoms with E-state index in [1.807, 2.05) is 0 Å². The molecule has 0 atom stereocenters. The van der Waals surface area contributed by atoms with Gasteiger partial charge in [-0.1, -0.05) is 0 Å². The Hall–Kier alpha value is -2.99. The van der Waals surface area contributed by atoms with Crippen molar-refractivity contribution in [3.05, 3.63) is 51.1 Å². The number of methoxy groups -OCH3 is 1. The van der Waals surface area contributed by atoms with Gasteiger partial charge >= 0.3 is 11.7 Å². The van der Waals surface area contributed by atoms with Crippen molar-refractivity contribution < 1.29 is 17.9 Å². The van der Waals surface area contributed by atoms with Gasteiger partial charge in [-0.05, 0) is 46.1 Å². The fourth-order valence-corrected chi connectivity index (χ4v) is 4.50. The molecule has 0 spiro atoms. The van der Waals surface area contributed by atoms with Gasteiger partial charge in [0.25, 0.3) is 10.0 Å². The van der Waals surface area contributed by atoms with Crippen molar-refractivity contribution in [1.82, 2.24) is 19.8 Å². The second kappa shape index (κ2) is 6.72. The van der Waals surface area contributed by atoms with Gasteiger partial charge in [0.05, 0.1) is 12.8 Å². The molecule has 0 fully saturated rings. The lowest BCUT2D eigenvalue weighted by molar-refractivity contribution is 0.0602. The smallest absolute Gasteiger partial charge is 0.368 e. The van der Waals surface area contributed by atoms with Crippen LogP contribution in [0.15, 0.2) is 45.4 Å². The lowest BCUT2D eigenvalue weighted by atomic mass is 10.3. The van der Waals surface area contributed by atoms with E-state index >= 15 is 0 Å². The largest absolute Gasteiger partial charge is 0.465 e. The maximum absolute atomic E-state index is 12.5. The third-order valence-corrected chi connectivity index (χ3v) is 5.82. The topological polar surface area (TPSA) is 125 Å². The molecule has 0 aliphatic heterocycles. The van der Waals surface area contributed by atoms with Crippen LogP contribution < -0.4 is 10.4 Å². The average molecular weight is 395 g/mol. The Morgan fingerprint density at radius 3 is 2.46 bits per heavy atom. The minimum atomic E-state index is -3.98. The Morgan fingerprint density at radius 1 is 1.19 bits per heavy atom. The fourth-order valence-electron chi connectivity index (χ4n) is 2.11. The molecule has 2 heterocycles. The SMILES string of the molecule is COC(=O)c1sccc1S(=O)(=O)Nc1ccc(-n2nnn(C)c2=O)cc1. The summed E-state index contributed by atoms with van der Waals surface area (Å²) in [6.07, 6.45) is 0. The van der Waals surface area contributed by atoms with E-state index in [0.717, 1.165) is 20.7 Å². The molecule has 0 bridgehead atoms. The highest BCUT2D eigenvalue weighted by atomic mass is 32.2. The summed E-state index contributed by atoms with van der Waals surface area (Å²) in [5.74, 6) is -0.724. The standard InChI is InChI=1S/C14H13N5O5S2/c1-18-14(21)19(17-16-18)10-5-3-9(4-6-10)15-26(22,23)11-7-8-25-12(11)13(20)24-2/h3-8,15H,1-2H3. The van der Waals surface area contributed by atoms with Crippen LogP contribution in [-0.2, 0) is 21.8 Å². The normalized spacial score (nSPS) is 11.3. The van der Waals surface area contributed by atoms with Crippen LogP contribution in [0, 0.1) is 0 Å². The van der Waals surface area contributed by atoms with E-state index in [1.54, 1.807) is 0 Å². The van der Waals surface area contributed by atoms with E-state index in [-0.39, 0.29) is 15.5 Å². The van der Waals surface area contributed by atoms with Gasteiger partial charge in [-0.15, -0.1) is 11.3 Å². The molecule has 10 nitrogen and oxygen atoms in total. The van der Waals surface area contributed by atoms with Crippen molar-refractivity contribution in [2.75, 3.05) is 11.8 Å². The first-order chi connectivity index (χ1) is 12.3. The summed E-state index contributed by atoms with van der Waals surface area (Å²) in [7, 11) is -1.33. The molecule has 0 unspecified atom stereocenters. The van der Waals surface area contributed by atoms with E-state index < -0.39 is 21.7 Å². The lowest BCUT2D eigenvalue weighted by Crippen LogP contribution is -2.21. The number of aryl methyl sites for hydroxylation is 1. The number of ether oxygens (including phenoxy) is 1. The summed E-state index contributed by atoms with van der Waals surface area (Å²) >= 11 is 0.974. The third kappa shape index (κ3) is 3.23. The lowest BCUT2D eigenvalue weighted by Gasteiger charge is -2.09. The van der Waals surface area contributed by atoms with E-state index in [0.29, 0.717) is 5.69 Å². The molecule has 2 aromatic heterocycles. The summed E-state index contributed by atoms with van der Waals surface area (Å²) in [5, 5.41) is 8.80. The van der Waals surface area contributed by atoms with Crippen LogP contribution in [0.25, 0.3) is 5.69 Å². The monoisotopic (exact) mass is 395 g/mol. The minimum absolute atomic E-state index is 0.0114. The predicted molar refractivity (Wildman–Crippen MR) is 93.1 cm³/mol. The minimum Gasteiger partial charge on any atom is -0.465 e. The summed E-state index contributed by atoms with van der Waals surface area (Å²) < 4.78 is 34.2. The van der Waals surface area contributed by atoms with Crippen LogP contribution >= 0.6 is 11.3 Å². The van der Waals surface area contributed by atoms with Crippen LogP contribution in [0.4, 0.5) is 5.69 Å². The second-order valence-corrected chi connectivity index (χ2v) is 7.62. The Bertz CT molecular complexity index is 1110. The second-order valence-electron chi connectivity index (χ2n) is 5.05. The summed E-state index contributed by atoms with van der Waals surface area (Å²) in [6, 6.07) is 7.30. The molecule has 0 aliphatic carbocycles. The molecule has 0 aliphatic rings. The number of esters is 1. The summed E-state index contributed by atoms with van der Waals surface area (Å²) in [6.45, 7) is 0. The summed E-state index contributed by atoms with van der Waals surface area (Å²) in [4.78, 5) is 23.3. The number of aromatic nitrogens is 4. The molecule has 0 radical (unpaired) electrons. The molecule has 136 valence electrons. The number of sulfonamides is 1. The zero-order valence-corrected chi connectivity index (χ0v) is 15.2. The first-order valence-electron chi connectivity index (χ1n) is 7.11. The van der Waals surface area contributed by atoms with Gasteiger partial charge in [-0.25, -0.2) is 18.0 Å².